The van der Waals surface area contributed by atoms with E-state index in [1.54, 1.807) is 17.5 Å². The van der Waals surface area contributed by atoms with E-state index in [2.05, 4.69) is 67.0 Å². The topological polar surface area (TPSA) is 25.8 Å². The van der Waals surface area contributed by atoms with Gasteiger partial charge in [-0.3, -0.25) is 4.39 Å². The Kier molecular flexibility index (Phi) is 9.25. The molecule has 0 atom stereocenters. The van der Waals surface area contributed by atoms with Crippen LogP contribution in [-0.4, -0.2) is 18.0 Å². The molecule has 0 N–H and O–H groups in total. The molecule has 3 aromatic heterocycles. The number of hydrogen-bond acceptors (Lipinski definition) is 3. The molecule has 0 bridgehead atoms. The molecule has 41 heavy (non-hydrogen) atoms. The normalized spacial score (nSPS) is 11.9. The summed E-state index contributed by atoms with van der Waals surface area (Å²) >= 11 is 1.55. The van der Waals surface area contributed by atoms with Crippen molar-refractivity contribution in [2.45, 2.75) is 46.3 Å². The first-order chi connectivity index (χ1) is 19.4. The average Bonchev–Trinajstić information content (AvgIpc) is 3.33. The van der Waals surface area contributed by atoms with Gasteiger partial charge in [0.25, 0.3) is 0 Å². The molecule has 0 saturated heterocycles. The summed E-state index contributed by atoms with van der Waals surface area (Å²) in [5.74, 6) is -0.972. The standard InChI is InChI=1S/C20H15FNS.C15H18NSi.Ir/c1-12(2)13-9-10-22-17(11-13)14-7-8-16(21)19-15-5-3-4-6-18(15)23-20(14)19;1-12-10-14(13-8-6-5-7-9-13)16-11-15(12)17(2,3)4;/h3-6,8-12H,1-2H3;5-8,10-11H,1-4H3;/q2*-1;/i12D;;. The van der Waals surface area contributed by atoms with E-state index in [9.17, 15) is 4.39 Å². The van der Waals surface area contributed by atoms with Crippen LogP contribution in [0, 0.1) is 24.9 Å². The summed E-state index contributed by atoms with van der Waals surface area (Å²) in [6, 6.07) is 29.4. The molecule has 6 heteroatoms. The van der Waals surface area contributed by atoms with E-state index < -0.39 is 14.0 Å². The van der Waals surface area contributed by atoms with Gasteiger partial charge in [0.05, 0.1) is 8.07 Å². The Hall–Kier alpha value is -3.02. The van der Waals surface area contributed by atoms with Crippen molar-refractivity contribution < 1.29 is 25.9 Å². The summed E-state index contributed by atoms with van der Waals surface area (Å²) in [5, 5.41) is 2.99. The van der Waals surface area contributed by atoms with Crippen LogP contribution in [0.2, 0.25) is 19.6 Å². The molecule has 0 aliphatic carbocycles. The van der Waals surface area contributed by atoms with Crippen LogP contribution in [0.5, 0.6) is 0 Å². The van der Waals surface area contributed by atoms with Gasteiger partial charge in [-0.05, 0) is 57.0 Å². The number of fused-ring (bicyclic) bond motifs is 3. The van der Waals surface area contributed by atoms with Crippen LogP contribution >= 0.6 is 11.3 Å². The number of hydrogen-bond donors (Lipinski definition) is 0. The molecule has 0 spiro atoms. The van der Waals surface area contributed by atoms with Crippen LogP contribution in [0.25, 0.3) is 42.7 Å². The third-order valence-electron chi connectivity index (χ3n) is 6.90. The summed E-state index contributed by atoms with van der Waals surface area (Å²) in [7, 11) is -1.27. The minimum Gasteiger partial charge on any atom is -0.305 e. The second kappa shape index (κ2) is 12.9. The van der Waals surface area contributed by atoms with E-state index in [-0.39, 0.29) is 25.9 Å². The zero-order valence-electron chi connectivity index (χ0n) is 25.1. The van der Waals surface area contributed by atoms with Gasteiger partial charge in [0.2, 0.25) is 0 Å². The van der Waals surface area contributed by atoms with Crippen molar-refractivity contribution in [1.29, 1.82) is 0 Å². The maximum atomic E-state index is 14.4. The minimum atomic E-state index is -1.27. The zero-order chi connectivity index (χ0) is 29.4. The van der Waals surface area contributed by atoms with Gasteiger partial charge in [0.15, 0.2) is 0 Å². The number of nitrogens with zero attached hydrogens (tertiary/aromatic N) is 2. The molecule has 3 heterocycles. The molecule has 211 valence electrons. The molecule has 6 rings (SSSR count). The second-order valence-electron chi connectivity index (χ2n) is 11.2. The summed E-state index contributed by atoms with van der Waals surface area (Å²) in [6.07, 6.45) is 3.76. The van der Waals surface area contributed by atoms with Crippen LogP contribution in [-0.2, 0) is 20.1 Å². The smallest absolute Gasteiger partial charge is 0.0798 e. The Labute approximate surface area is 262 Å². The Bertz CT molecular complexity index is 1840. The fraction of sp³-hybridized carbons (Fsp3) is 0.200. The molecule has 1 radical (unpaired) electrons. The number of halogens is 1. The first kappa shape index (κ1) is 29.5. The van der Waals surface area contributed by atoms with Crippen LogP contribution in [0.4, 0.5) is 4.39 Å². The van der Waals surface area contributed by atoms with Crippen molar-refractivity contribution in [1.82, 2.24) is 9.97 Å². The molecule has 6 aromatic rings. The van der Waals surface area contributed by atoms with Crippen LogP contribution in [0.15, 0.2) is 85.2 Å². The second-order valence-corrected chi connectivity index (χ2v) is 17.2. The quantitative estimate of drug-likeness (QED) is 0.133. The fourth-order valence-electron chi connectivity index (χ4n) is 4.84. The average molecular weight is 754 g/mol. The molecular formula is C35H33FIrN2SSi-2. The van der Waals surface area contributed by atoms with Gasteiger partial charge in [-0.25, -0.2) is 0 Å². The van der Waals surface area contributed by atoms with Crippen molar-refractivity contribution in [2.75, 3.05) is 0 Å². The first-order valence-electron chi connectivity index (χ1n) is 13.9. The minimum absolute atomic E-state index is 0. The van der Waals surface area contributed by atoms with Crippen LogP contribution in [0.1, 0.15) is 32.2 Å². The van der Waals surface area contributed by atoms with E-state index in [4.69, 9.17) is 1.37 Å². The third-order valence-corrected chi connectivity index (χ3v) is 10.2. The van der Waals surface area contributed by atoms with Crippen molar-refractivity contribution in [3.8, 4) is 22.5 Å². The number of pyridine rings is 2. The summed E-state index contributed by atoms with van der Waals surface area (Å²) in [6.45, 7) is 12.9. The number of rotatable bonds is 4. The molecule has 0 unspecified atom stereocenters. The molecule has 0 aliphatic rings. The molecular weight excluding hydrogens is 720 g/mol. The van der Waals surface area contributed by atoms with Gasteiger partial charge in [-0.1, -0.05) is 74.9 Å². The van der Waals surface area contributed by atoms with Crippen molar-refractivity contribution in [3.63, 3.8) is 0 Å². The molecule has 2 nitrogen and oxygen atoms in total. The van der Waals surface area contributed by atoms with Crippen molar-refractivity contribution in [2.24, 2.45) is 0 Å². The summed E-state index contributed by atoms with van der Waals surface area (Å²) < 4.78 is 24.6. The van der Waals surface area contributed by atoms with Gasteiger partial charge in [0.1, 0.15) is 0 Å². The van der Waals surface area contributed by atoms with Gasteiger partial charge in [-0.15, -0.1) is 53.6 Å². The maximum absolute atomic E-state index is 14.4. The predicted octanol–water partition coefficient (Wildman–Crippen LogP) is 9.58. The van der Waals surface area contributed by atoms with Crippen molar-refractivity contribution in [3.05, 3.63) is 114 Å². The number of aryl methyl sites for hydroxylation is 1. The SMILES string of the molecule is Cc1cc(-c2[c-]cccc2)ncc1[Si](C)(C)C.[2H]C(C)(C)c1ccnc(-c2[c-]cc(F)c3c2sc2ccccc23)c1.[Ir]. The van der Waals surface area contributed by atoms with E-state index in [1.165, 1.54) is 16.8 Å². The van der Waals surface area contributed by atoms with Gasteiger partial charge >= 0.3 is 0 Å². The number of thiophene rings is 1. The van der Waals surface area contributed by atoms with Gasteiger partial charge in [-0.2, -0.15) is 11.3 Å². The van der Waals surface area contributed by atoms with Crippen LogP contribution in [0.3, 0.4) is 0 Å². The van der Waals surface area contributed by atoms with E-state index >= 15 is 0 Å². The molecule has 0 amide bonds. The van der Waals surface area contributed by atoms with Gasteiger partial charge in [0, 0.05) is 44.4 Å². The maximum Gasteiger partial charge on any atom is 0.0798 e. The van der Waals surface area contributed by atoms with E-state index in [0.717, 1.165) is 42.9 Å². The monoisotopic (exact) mass is 754 g/mol. The molecule has 0 aliphatic heterocycles. The first-order valence-corrected chi connectivity index (χ1v) is 17.7. The predicted molar refractivity (Wildman–Crippen MR) is 172 cm³/mol. The Morgan fingerprint density at radius 2 is 1.71 bits per heavy atom. The molecule has 0 fully saturated rings. The zero-order valence-corrected chi connectivity index (χ0v) is 28.3. The van der Waals surface area contributed by atoms with Crippen molar-refractivity contribution >= 4 is 44.8 Å². The van der Waals surface area contributed by atoms with Crippen LogP contribution < -0.4 is 5.19 Å². The fourth-order valence-corrected chi connectivity index (χ4v) is 7.77. The Balaban J connectivity index is 0.000000200. The number of aromatic nitrogens is 2. The van der Waals surface area contributed by atoms with E-state index in [0.29, 0.717) is 5.39 Å². The van der Waals surface area contributed by atoms with Gasteiger partial charge < -0.3 is 9.97 Å². The largest absolute Gasteiger partial charge is 0.305 e. The summed E-state index contributed by atoms with van der Waals surface area (Å²) in [4.78, 5) is 9.02. The Morgan fingerprint density at radius 3 is 2.39 bits per heavy atom. The third kappa shape index (κ3) is 6.73. The molecule has 3 aromatic carbocycles. The molecule has 0 saturated carbocycles. The Morgan fingerprint density at radius 1 is 0.951 bits per heavy atom. The number of benzene rings is 3. The summed E-state index contributed by atoms with van der Waals surface area (Å²) in [5.41, 5.74) is 5.83. The van der Waals surface area contributed by atoms with E-state index in [1.807, 2.05) is 68.4 Å².